The third-order valence-electron chi connectivity index (χ3n) is 2.57. The lowest BCUT2D eigenvalue weighted by Gasteiger charge is -2.19. The number of carboxylic acids is 1. The number of rotatable bonds is 5. The van der Waals surface area contributed by atoms with E-state index in [0.717, 1.165) is 11.1 Å². The smallest absolute Gasteiger partial charge is 0.323 e. The number of carboxylic acid groups (broad SMARTS) is 1. The van der Waals surface area contributed by atoms with Crippen LogP contribution >= 0.6 is 0 Å². The lowest BCUT2D eigenvalue weighted by Crippen LogP contribution is -2.46. The molecule has 0 saturated heterocycles. The fraction of sp³-hybridized carbons (Fsp3) is 0.308. The van der Waals surface area contributed by atoms with Crippen molar-refractivity contribution in [3.8, 4) is 5.75 Å². The summed E-state index contributed by atoms with van der Waals surface area (Å²) < 4.78 is 0. The Kier molecular flexibility index (Phi) is 3.91. The van der Waals surface area contributed by atoms with Gasteiger partial charge in [-0.05, 0) is 30.5 Å². The molecule has 0 aliphatic heterocycles. The van der Waals surface area contributed by atoms with Crippen LogP contribution < -0.4 is 5.73 Å². The molecule has 4 nitrogen and oxygen atoms in total. The van der Waals surface area contributed by atoms with Gasteiger partial charge in [-0.15, -0.1) is 6.58 Å². The number of phenols is 1. The molecule has 0 amide bonds. The Bertz CT molecular complexity index is 438. The molecule has 0 aromatic heterocycles. The van der Waals surface area contributed by atoms with Gasteiger partial charge in [0.1, 0.15) is 11.3 Å². The Morgan fingerprint density at radius 1 is 1.59 bits per heavy atom. The molecule has 1 rings (SSSR count). The molecule has 0 saturated carbocycles. The highest BCUT2D eigenvalue weighted by Crippen LogP contribution is 2.21. The molecule has 0 aliphatic carbocycles. The summed E-state index contributed by atoms with van der Waals surface area (Å²) in [6, 6.07) is 4.98. The van der Waals surface area contributed by atoms with E-state index in [0.29, 0.717) is 6.42 Å². The van der Waals surface area contributed by atoms with Gasteiger partial charge in [-0.1, -0.05) is 18.2 Å². The summed E-state index contributed by atoms with van der Waals surface area (Å²) in [6.45, 7) is 5.07. The molecule has 0 bridgehead atoms. The third-order valence-corrected chi connectivity index (χ3v) is 2.57. The minimum absolute atomic E-state index is 0.183. The standard InChI is InChI=1S/C13H17NO3/c1-3-4-10-7-9(5-6-11(10)15)8-13(2,14)12(16)17/h3,5-7,15H,1,4,8,14H2,2H3,(H,16,17)/t13-/m0/s1. The van der Waals surface area contributed by atoms with Crippen molar-refractivity contribution in [1.82, 2.24) is 0 Å². The zero-order valence-electron chi connectivity index (χ0n) is 9.81. The molecule has 1 aromatic rings. The average molecular weight is 235 g/mol. The maximum absolute atomic E-state index is 10.9. The number of benzene rings is 1. The van der Waals surface area contributed by atoms with Gasteiger partial charge in [-0.2, -0.15) is 0 Å². The van der Waals surface area contributed by atoms with Crippen molar-refractivity contribution < 1.29 is 15.0 Å². The van der Waals surface area contributed by atoms with E-state index in [9.17, 15) is 9.90 Å². The second-order valence-electron chi connectivity index (χ2n) is 4.36. The van der Waals surface area contributed by atoms with Crippen LogP contribution in [0.2, 0.25) is 0 Å². The fourth-order valence-electron chi connectivity index (χ4n) is 1.57. The lowest BCUT2D eigenvalue weighted by atomic mass is 9.92. The molecule has 0 radical (unpaired) electrons. The van der Waals surface area contributed by atoms with Crippen molar-refractivity contribution in [3.05, 3.63) is 42.0 Å². The van der Waals surface area contributed by atoms with E-state index in [1.165, 1.54) is 6.92 Å². The molecule has 0 fully saturated rings. The van der Waals surface area contributed by atoms with Crippen LogP contribution in [-0.2, 0) is 17.6 Å². The minimum Gasteiger partial charge on any atom is -0.508 e. The monoisotopic (exact) mass is 235 g/mol. The van der Waals surface area contributed by atoms with Gasteiger partial charge in [0.25, 0.3) is 0 Å². The van der Waals surface area contributed by atoms with Crippen molar-refractivity contribution in [2.75, 3.05) is 0 Å². The molecule has 4 heteroatoms. The van der Waals surface area contributed by atoms with E-state index >= 15 is 0 Å². The number of aliphatic carboxylic acids is 1. The van der Waals surface area contributed by atoms with E-state index in [4.69, 9.17) is 10.8 Å². The second-order valence-corrected chi connectivity index (χ2v) is 4.36. The van der Waals surface area contributed by atoms with Gasteiger partial charge in [-0.25, -0.2) is 0 Å². The molecule has 1 atom stereocenters. The first-order valence-corrected chi connectivity index (χ1v) is 5.31. The molecule has 0 heterocycles. The van der Waals surface area contributed by atoms with Gasteiger partial charge in [0.2, 0.25) is 0 Å². The zero-order valence-corrected chi connectivity index (χ0v) is 9.81. The second kappa shape index (κ2) is 5.01. The average Bonchev–Trinajstić information content (AvgIpc) is 2.23. The Morgan fingerprint density at radius 3 is 2.76 bits per heavy atom. The number of allylic oxidation sites excluding steroid dienone is 1. The number of carbonyl (C=O) groups is 1. The largest absolute Gasteiger partial charge is 0.508 e. The topological polar surface area (TPSA) is 83.6 Å². The molecule has 1 aromatic carbocycles. The van der Waals surface area contributed by atoms with E-state index in [-0.39, 0.29) is 12.2 Å². The summed E-state index contributed by atoms with van der Waals surface area (Å²) in [5.41, 5.74) is 5.87. The third kappa shape index (κ3) is 3.32. The van der Waals surface area contributed by atoms with E-state index in [2.05, 4.69) is 6.58 Å². The Hall–Kier alpha value is -1.81. The van der Waals surface area contributed by atoms with Crippen LogP contribution in [0, 0.1) is 0 Å². The summed E-state index contributed by atoms with van der Waals surface area (Å²) >= 11 is 0. The number of phenolic OH excluding ortho intramolecular Hbond substituents is 1. The molecule has 17 heavy (non-hydrogen) atoms. The van der Waals surface area contributed by atoms with Crippen molar-refractivity contribution in [3.63, 3.8) is 0 Å². The summed E-state index contributed by atoms with van der Waals surface area (Å²) in [7, 11) is 0. The van der Waals surface area contributed by atoms with Gasteiger partial charge in [0, 0.05) is 6.42 Å². The molecular weight excluding hydrogens is 218 g/mol. The highest BCUT2D eigenvalue weighted by atomic mass is 16.4. The number of hydrogen-bond donors (Lipinski definition) is 3. The van der Waals surface area contributed by atoms with Gasteiger partial charge in [0.15, 0.2) is 0 Å². The van der Waals surface area contributed by atoms with Crippen molar-refractivity contribution in [2.45, 2.75) is 25.3 Å². The summed E-state index contributed by atoms with van der Waals surface area (Å²) in [5, 5.41) is 18.5. The van der Waals surface area contributed by atoms with Gasteiger partial charge >= 0.3 is 5.97 Å². The lowest BCUT2D eigenvalue weighted by molar-refractivity contribution is -0.142. The van der Waals surface area contributed by atoms with Crippen LogP contribution in [0.25, 0.3) is 0 Å². The molecule has 92 valence electrons. The van der Waals surface area contributed by atoms with Crippen LogP contribution in [0.5, 0.6) is 5.75 Å². The summed E-state index contributed by atoms with van der Waals surface area (Å²) in [6.07, 6.45) is 2.43. The van der Waals surface area contributed by atoms with Crippen molar-refractivity contribution in [1.29, 1.82) is 0 Å². The van der Waals surface area contributed by atoms with Crippen molar-refractivity contribution in [2.24, 2.45) is 5.73 Å². The first kappa shape index (κ1) is 13.3. The molecule has 0 unspecified atom stereocenters. The summed E-state index contributed by atoms with van der Waals surface area (Å²) in [5.74, 6) is -0.862. The highest BCUT2D eigenvalue weighted by Gasteiger charge is 2.28. The van der Waals surface area contributed by atoms with Crippen molar-refractivity contribution >= 4 is 5.97 Å². The Morgan fingerprint density at radius 2 is 2.24 bits per heavy atom. The Balaban J connectivity index is 2.96. The van der Waals surface area contributed by atoms with E-state index < -0.39 is 11.5 Å². The SMILES string of the molecule is C=CCc1cc(C[C@](C)(N)C(=O)O)ccc1O. The fourth-order valence-corrected chi connectivity index (χ4v) is 1.57. The zero-order chi connectivity index (χ0) is 13.1. The number of nitrogens with two attached hydrogens (primary N) is 1. The van der Waals surface area contributed by atoms with Crippen LogP contribution in [0.3, 0.4) is 0 Å². The minimum atomic E-state index is -1.30. The van der Waals surface area contributed by atoms with Gasteiger partial charge in [-0.3, -0.25) is 4.79 Å². The van der Waals surface area contributed by atoms with Gasteiger partial charge in [0.05, 0.1) is 0 Å². The molecular formula is C13H17NO3. The highest BCUT2D eigenvalue weighted by molar-refractivity contribution is 5.78. The quantitative estimate of drug-likeness (QED) is 0.675. The first-order chi connectivity index (χ1) is 7.86. The number of hydrogen-bond acceptors (Lipinski definition) is 3. The Labute approximate surface area is 100 Å². The molecule has 4 N–H and O–H groups in total. The van der Waals surface area contributed by atoms with Crippen LogP contribution in [0.4, 0.5) is 0 Å². The maximum atomic E-state index is 10.9. The van der Waals surface area contributed by atoms with Gasteiger partial charge < -0.3 is 15.9 Å². The first-order valence-electron chi connectivity index (χ1n) is 5.31. The predicted molar refractivity (Wildman–Crippen MR) is 65.9 cm³/mol. The molecule has 0 spiro atoms. The molecule has 0 aliphatic rings. The van der Waals surface area contributed by atoms with Crippen LogP contribution in [0.1, 0.15) is 18.1 Å². The van der Waals surface area contributed by atoms with Crippen LogP contribution in [-0.4, -0.2) is 21.7 Å². The number of aromatic hydroxyl groups is 1. The van der Waals surface area contributed by atoms with Crippen LogP contribution in [0.15, 0.2) is 30.9 Å². The summed E-state index contributed by atoms with van der Waals surface area (Å²) in [4.78, 5) is 10.9. The maximum Gasteiger partial charge on any atom is 0.323 e. The predicted octanol–water partition coefficient (Wildman–Crippen LogP) is 1.47. The van der Waals surface area contributed by atoms with E-state index in [1.54, 1.807) is 24.3 Å². The van der Waals surface area contributed by atoms with E-state index in [1.807, 2.05) is 0 Å². The normalized spacial score (nSPS) is 14.0.